The average molecular weight is 573 g/mol. The predicted octanol–water partition coefficient (Wildman–Crippen LogP) is 2.46. The molecule has 1 atom stereocenters. The second kappa shape index (κ2) is 12.0. The molecule has 1 aliphatic heterocycles. The number of hydrogen-bond donors (Lipinski definition) is 1. The number of aromatic nitrogens is 6. The van der Waals surface area contributed by atoms with Crippen molar-refractivity contribution in [3.63, 3.8) is 0 Å². The Balaban J connectivity index is 1.16. The SMILES string of the molecule is Cc1ccc(-n2cnn(CCCN3CCN(CC(O)(Cn4cncn4)c4ccc(F)cc4F)CC3)c2=O)cc1Cl. The minimum Gasteiger partial charge on any atom is -0.382 e. The van der Waals surface area contributed by atoms with E-state index in [9.17, 15) is 18.7 Å². The second-order valence-corrected chi connectivity index (χ2v) is 10.6. The van der Waals surface area contributed by atoms with Crippen LogP contribution in [0.25, 0.3) is 5.69 Å². The van der Waals surface area contributed by atoms with Crippen molar-refractivity contribution in [2.45, 2.75) is 32.0 Å². The number of hydrogen-bond acceptors (Lipinski definition) is 7. The van der Waals surface area contributed by atoms with E-state index >= 15 is 0 Å². The quantitative estimate of drug-likeness (QED) is 0.312. The topological polar surface area (TPSA) is 97.2 Å². The van der Waals surface area contributed by atoms with Crippen LogP contribution >= 0.6 is 11.6 Å². The van der Waals surface area contributed by atoms with E-state index in [2.05, 4.69) is 25.0 Å². The van der Waals surface area contributed by atoms with E-state index in [0.29, 0.717) is 30.3 Å². The number of benzene rings is 2. The van der Waals surface area contributed by atoms with Crippen LogP contribution in [-0.2, 0) is 18.7 Å². The maximum atomic E-state index is 14.7. The molecule has 10 nitrogen and oxygen atoms in total. The first-order valence-electron chi connectivity index (χ1n) is 13.1. The predicted molar refractivity (Wildman–Crippen MR) is 145 cm³/mol. The fraction of sp³-hybridized carbons (Fsp3) is 0.407. The van der Waals surface area contributed by atoms with Crippen LogP contribution in [0.5, 0.6) is 0 Å². The van der Waals surface area contributed by atoms with E-state index < -0.39 is 17.2 Å². The van der Waals surface area contributed by atoms with Crippen LogP contribution in [0.15, 0.2) is 60.2 Å². The van der Waals surface area contributed by atoms with Gasteiger partial charge in [0.1, 0.15) is 36.2 Å². The van der Waals surface area contributed by atoms with Crippen molar-refractivity contribution in [3.8, 4) is 5.69 Å². The van der Waals surface area contributed by atoms with Crippen LogP contribution in [0.1, 0.15) is 17.5 Å². The Morgan fingerprint density at radius 1 is 0.975 bits per heavy atom. The molecule has 5 rings (SSSR count). The lowest BCUT2D eigenvalue weighted by molar-refractivity contribution is -0.0319. The highest BCUT2D eigenvalue weighted by Gasteiger charge is 2.36. The normalized spacial score (nSPS) is 16.3. The fourth-order valence-corrected chi connectivity index (χ4v) is 5.23. The number of nitrogens with zero attached hydrogens (tertiary/aromatic N) is 8. The molecule has 0 saturated carbocycles. The summed E-state index contributed by atoms with van der Waals surface area (Å²) in [5.74, 6) is -1.50. The Kier molecular flexibility index (Phi) is 8.40. The highest BCUT2D eigenvalue weighted by Crippen LogP contribution is 2.28. The Morgan fingerprint density at radius 2 is 1.75 bits per heavy atom. The zero-order chi connectivity index (χ0) is 28.3. The van der Waals surface area contributed by atoms with Crippen LogP contribution < -0.4 is 5.69 Å². The van der Waals surface area contributed by atoms with Gasteiger partial charge in [-0.05, 0) is 37.1 Å². The number of aryl methyl sites for hydroxylation is 2. The molecule has 2 aromatic carbocycles. The lowest BCUT2D eigenvalue weighted by Gasteiger charge is -2.39. The van der Waals surface area contributed by atoms with Gasteiger partial charge in [0, 0.05) is 62.5 Å². The summed E-state index contributed by atoms with van der Waals surface area (Å²) in [5.41, 5.74) is -0.218. The van der Waals surface area contributed by atoms with E-state index in [-0.39, 0.29) is 24.3 Å². The molecule has 0 aliphatic carbocycles. The Morgan fingerprint density at radius 3 is 2.45 bits per heavy atom. The molecule has 0 spiro atoms. The molecule has 4 aromatic rings. The van der Waals surface area contributed by atoms with Gasteiger partial charge in [-0.15, -0.1) is 0 Å². The monoisotopic (exact) mass is 572 g/mol. The van der Waals surface area contributed by atoms with Gasteiger partial charge in [0.05, 0.1) is 12.2 Å². The van der Waals surface area contributed by atoms with Crippen molar-refractivity contribution in [2.24, 2.45) is 0 Å². The molecule has 1 aliphatic rings. The summed E-state index contributed by atoms with van der Waals surface area (Å²) in [4.78, 5) is 21.1. The molecular weight excluding hydrogens is 542 g/mol. The molecule has 1 fully saturated rings. The molecular formula is C27H31ClF2N8O2. The van der Waals surface area contributed by atoms with Crippen LogP contribution in [0.4, 0.5) is 8.78 Å². The zero-order valence-electron chi connectivity index (χ0n) is 22.1. The minimum absolute atomic E-state index is 0.0182. The smallest absolute Gasteiger partial charge is 0.350 e. The van der Waals surface area contributed by atoms with Gasteiger partial charge in [0.25, 0.3) is 0 Å². The van der Waals surface area contributed by atoms with Crippen LogP contribution in [0.2, 0.25) is 5.02 Å². The molecule has 40 heavy (non-hydrogen) atoms. The van der Waals surface area contributed by atoms with E-state index in [4.69, 9.17) is 11.6 Å². The molecule has 13 heteroatoms. The molecule has 212 valence electrons. The first-order chi connectivity index (χ1) is 19.2. The van der Waals surface area contributed by atoms with Crippen LogP contribution in [0.3, 0.4) is 0 Å². The molecule has 0 radical (unpaired) electrons. The number of rotatable bonds is 10. The van der Waals surface area contributed by atoms with Gasteiger partial charge in [0.2, 0.25) is 0 Å². The van der Waals surface area contributed by atoms with Gasteiger partial charge in [-0.25, -0.2) is 32.5 Å². The van der Waals surface area contributed by atoms with Gasteiger partial charge in [-0.1, -0.05) is 23.7 Å². The summed E-state index contributed by atoms with van der Waals surface area (Å²) in [6.45, 7) is 6.10. The van der Waals surface area contributed by atoms with E-state index in [1.54, 1.807) is 6.07 Å². The third-order valence-electron chi connectivity index (χ3n) is 7.28. The molecule has 1 unspecified atom stereocenters. The minimum atomic E-state index is -1.63. The first-order valence-corrected chi connectivity index (χ1v) is 13.5. The summed E-state index contributed by atoms with van der Waals surface area (Å²) in [6.07, 6.45) is 5.04. The zero-order valence-corrected chi connectivity index (χ0v) is 22.9. The Bertz CT molecular complexity index is 1500. The maximum absolute atomic E-state index is 14.7. The molecule has 2 aromatic heterocycles. The van der Waals surface area contributed by atoms with Crippen molar-refractivity contribution >= 4 is 11.6 Å². The summed E-state index contributed by atoms with van der Waals surface area (Å²) in [7, 11) is 0. The van der Waals surface area contributed by atoms with E-state index in [1.807, 2.05) is 19.1 Å². The lowest BCUT2D eigenvalue weighted by Crippen LogP contribution is -2.52. The molecule has 0 amide bonds. The van der Waals surface area contributed by atoms with E-state index in [0.717, 1.165) is 43.8 Å². The summed E-state index contributed by atoms with van der Waals surface area (Å²) >= 11 is 6.21. The second-order valence-electron chi connectivity index (χ2n) is 10.2. The van der Waals surface area contributed by atoms with E-state index in [1.165, 1.54) is 39.0 Å². The summed E-state index contributed by atoms with van der Waals surface area (Å²) in [6, 6.07) is 8.67. The number of aliphatic hydroxyl groups is 1. The van der Waals surface area contributed by atoms with Crippen molar-refractivity contribution in [2.75, 3.05) is 39.3 Å². The number of piperazine rings is 1. The highest BCUT2D eigenvalue weighted by atomic mass is 35.5. The third kappa shape index (κ3) is 6.30. The van der Waals surface area contributed by atoms with Crippen LogP contribution in [-0.4, -0.2) is 83.3 Å². The molecule has 1 N–H and O–H groups in total. The molecule has 0 bridgehead atoms. The maximum Gasteiger partial charge on any atom is 0.350 e. The van der Waals surface area contributed by atoms with Crippen LogP contribution in [0, 0.1) is 18.6 Å². The Labute approximate surface area is 235 Å². The number of β-amino-alcohol motifs (C(OH)–C–C–N with tert-alkyl or cyclic N) is 1. The number of halogens is 3. The highest BCUT2D eigenvalue weighted by molar-refractivity contribution is 6.31. The van der Waals surface area contributed by atoms with Gasteiger partial charge >= 0.3 is 5.69 Å². The largest absolute Gasteiger partial charge is 0.382 e. The van der Waals surface area contributed by atoms with Crippen molar-refractivity contribution in [3.05, 3.63) is 93.6 Å². The van der Waals surface area contributed by atoms with Gasteiger partial charge in [0.15, 0.2) is 0 Å². The molecule has 1 saturated heterocycles. The van der Waals surface area contributed by atoms with Crippen molar-refractivity contribution in [1.29, 1.82) is 0 Å². The fourth-order valence-electron chi connectivity index (χ4n) is 5.05. The Hall–Kier alpha value is -3.45. The average Bonchev–Trinajstić information content (AvgIpc) is 3.56. The lowest BCUT2D eigenvalue weighted by atomic mass is 9.92. The first kappa shape index (κ1) is 28.1. The standard InChI is InChI=1S/C27H31ClF2N8O2/c1-20-3-5-22(14-24(20)28)37-19-33-38(26(37)39)8-2-7-34-9-11-35(12-10-34)15-27(40,16-36-18-31-17-32-36)23-6-4-21(29)13-25(23)30/h3-6,13-14,17-19,40H,2,7-12,15-16H2,1H3. The molecule has 3 heterocycles. The van der Waals surface area contributed by atoms with Crippen molar-refractivity contribution in [1.82, 2.24) is 38.9 Å². The summed E-state index contributed by atoms with van der Waals surface area (Å²) in [5, 5.41) is 20.5. The van der Waals surface area contributed by atoms with Crippen molar-refractivity contribution < 1.29 is 13.9 Å². The third-order valence-corrected chi connectivity index (χ3v) is 7.69. The summed E-state index contributed by atoms with van der Waals surface area (Å²) < 4.78 is 32.7. The van der Waals surface area contributed by atoms with Gasteiger partial charge < -0.3 is 10.0 Å². The van der Waals surface area contributed by atoms with Gasteiger partial charge in [-0.2, -0.15) is 10.2 Å². The van der Waals surface area contributed by atoms with Gasteiger partial charge in [-0.3, -0.25) is 4.90 Å².